The topological polar surface area (TPSA) is 64.8 Å². The first-order valence-corrected chi connectivity index (χ1v) is 8.83. The standard InChI is InChI=1S/C18H20N2O4S/c1-4-6-15(21)20(11-12-7-5-10-24-12)18-19-16-13(22-2)8-9-14(23-3)17(16)25-18/h5,7-10H,4,6,11H2,1-3H3. The summed E-state index contributed by atoms with van der Waals surface area (Å²) in [7, 11) is 3.21. The fraction of sp³-hybridized carbons (Fsp3) is 0.333. The van der Waals surface area contributed by atoms with Crippen LogP contribution in [0, 0.1) is 0 Å². The van der Waals surface area contributed by atoms with E-state index in [0.717, 1.165) is 11.1 Å². The normalized spacial score (nSPS) is 10.8. The number of hydrogen-bond acceptors (Lipinski definition) is 6. The minimum absolute atomic E-state index is 0.0101. The van der Waals surface area contributed by atoms with Crippen molar-refractivity contribution in [3.63, 3.8) is 0 Å². The quantitative estimate of drug-likeness (QED) is 0.630. The van der Waals surface area contributed by atoms with Crippen molar-refractivity contribution < 1.29 is 18.7 Å². The third-order valence-corrected chi connectivity index (χ3v) is 4.88. The smallest absolute Gasteiger partial charge is 0.229 e. The Morgan fingerprint density at radius 1 is 1.24 bits per heavy atom. The lowest BCUT2D eigenvalue weighted by atomic mass is 10.3. The van der Waals surface area contributed by atoms with Gasteiger partial charge < -0.3 is 13.9 Å². The van der Waals surface area contributed by atoms with Crippen LogP contribution >= 0.6 is 11.3 Å². The third-order valence-electron chi connectivity index (χ3n) is 3.79. The molecule has 2 aromatic heterocycles. The summed E-state index contributed by atoms with van der Waals surface area (Å²) in [4.78, 5) is 19.0. The van der Waals surface area contributed by atoms with Crippen molar-refractivity contribution in [2.45, 2.75) is 26.3 Å². The first-order chi connectivity index (χ1) is 12.2. The zero-order chi connectivity index (χ0) is 17.8. The summed E-state index contributed by atoms with van der Waals surface area (Å²) >= 11 is 1.41. The molecule has 1 aromatic carbocycles. The van der Waals surface area contributed by atoms with Gasteiger partial charge in [-0.3, -0.25) is 9.69 Å². The van der Waals surface area contributed by atoms with Crippen molar-refractivity contribution in [1.29, 1.82) is 0 Å². The lowest BCUT2D eigenvalue weighted by molar-refractivity contribution is -0.118. The number of aromatic nitrogens is 1. The molecule has 0 atom stereocenters. The van der Waals surface area contributed by atoms with Gasteiger partial charge in [-0.05, 0) is 30.7 Å². The maximum Gasteiger partial charge on any atom is 0.229 e. The van der Waals surface area contributed by atoms with E-state index in [1.54, 1.807) is 25.4 Å². The van der Waals surface area contributed by atoms with Crippen molar-refractivity contribution in [3.05, 3.63) is 36.3 Å². The van der Waals surface area contributed by atoms with E-state index in [-0.39, 0.29) is 5.91 Å². The van der Waals surface area contributed by atoms with Crippen LogP contribution in [0.4, 0.5) is 5.13 Å². The SMILES string of the molecule is CCCC(=O)N(Cc1ccco1)c1nc2c(OC)ccc(OC)c2s1. The molecule has 0 aliphatic rings. The Morgan fingerprint density at radius 3 is 2.64 bits per heavy atom. The van der Waals surface area contributed by atoms with E-state index in [1.807, 2.05) is 31.2 Å². The summed E-state index contributed by atoms with van der Waals surface area (Å²) < 4.78 is 17.1. The molecule has 6 nitrogen and oxygen atoms in total. The maximum absolute atomic E-state index is 12.6. The molecule has 0 unspecified atom stereocenters. The maximum atomic E-state index is 12.6. The number of anilines is 1. The summed E-state index contributed by atoms with van der Waals surface area (Å²) in [6.45, 7) is 2.32. The molecule has 0 bridgehead atoms. The second-order valence-electron chi connectivity index (χ2n) is 5.45. The van der Waals surface area contributed by atoms with Gasteiger partial charge in [-0.2, -0.15) is 0 Å². The van der Waals surface area contributed by atoms with Crippen LogP contribution in [-0.4, -0.2) is 25.1 Å². The minimum atomic E-state index is 0.0101. The number of hydrogen-bond donors (Lipinski definition) is 0. The Hall–Kier alpha value is -2.54. The number of rotatable bonds is 7. The van der Waals surface area contributed by atoms with Gasteiger partial charge in [0.05, 0.1) is 27.0 Å². The molecule has 0 radical (unpaired) electrons. The highest BCUT2D eigenvalue weighted by molar-refractivity contribution is 7.22. The van der Waals surface area contributed by atoms with Crippen molar-refractivity contribution >= 4 is 32.6 Å². The van der Waals surface area contributed by atoms with Gasteiger partial charge >= 0.3 is 0 Å². The van der Waals surface area contributed by atoms with Gasteiger partial charge in [0.15, 0.2) is 5.13 Å². The molecule has 0 fully saturated rings. The van der Waals surface area contributed by atoms with Gasteiger partial charge in [-0.1, -0.05) is 18.3 Å². The fourth-order valence-electron chi connectivity index (χ4n) is 2.56. The number of thiazole rings is 1. The number of benzene rings is 1. The number of amides is 1. The average Bonchev–Trinajstić information content (AvgIpc) is 3.28. The van der Waals surface area contributed by atoms with Crippen LogP contribution in [0.1, 0.15) is 25.5 Å². The van der Waals surface area contributed by atoms with Crippen LogP contribution in [0.15, 0.2) is 34.9 Å². The molecular weight excluding hydrogens is 340 g/mol. The summed E-state index contributed by atoms with van der Waals surface area (Å²) in [5.41, 5.74) is 0.690. The Balaban J connectivity index is 2.06. The number of fused-ring (bicyclic) bond motifs is 1. The lowest BCUT2D eigenvalue weighted by Crippen LogP contribution is -2.29. The molecule has 132 valence electrons. The number of carbonyl (C=O) groups is 1. The molecule has 3 rings (SSSR count). The summed E-state index contributed by atoms with van der Waals surface area (Å²) in [6.07, 6.45) is 2.82. The molecule has 0 spiro atoms. The lowest BCUT2D eigenvalue weighted by Gasteiger charge is -2.18. The largest absolute Gasteiger partial charge is 0.495 e. The molecule has 2 heterocycles. The van der Waals surface area contributed by atoms with Gasteiger partial charge in [-0.25, -0.2) is 4.98 Å². The van der Waals surface area contributed by atoms with Gasteiger partial charge in [0.1, 0.15) is 27.5 Å². The Morgan fingerprint density at radius 2 is 2.00 bits per heavy atom. The first kappa shape index (κ1) is 17.3. The van der Waals surface area contributed by atoms with Crippen molar-refractivity contribution in [2.24, 2.45) is 0 Å². The van der Waals surface area contributed by atoms with Crippen LogP contribution in [0.2, 0.25) is 0 Å². The van der Waals surface area contributed by atoms with Gasteiger partial charge in [0.25, 0.3) is 0 Å². The fourth-order valence-corrected chi connectivity index (χ4v) is 3.65. The van der Waals surface area contributed by atoms with E-state index in [0.29, 0.717) is 40.9 Å². The van der Waals surface area contributed by atoms with E-state index in [1.165, 1.54) is 11.3 Å². The molecule has 3 aromatic rings. The monoisotopic (exact) mass is 360 g/mol. The van der Waals surface area contributed by atoms with Crippen molar-refractivity contribution in [1.82, 2.24) is 4.98 Å². The van der Waals surface area contributed by atoms with Crippen LogP contribution in [0.5, 0.6) is 11.5 Å². The van der Waals surface area contributed by atoms with Crippen molar-refractivity contribution in [2.75, 3.05) is 19.1 Å². The number of carbonyl (C=O) groups excluding carboxylic acids is 1. The number of nitrogens with zero attached hydrogens (tertiary/aromatic N) is 2. The predicted octanol–water partition coefficient (Wildman–Crippen LogP) is 4.24. The third kappa shape index (κ3) is 3.46. The molecule has 0 aliphatic carbocycles. The molecule has 25 heavy (non-hydrogen) atoms. The summed E-state index contributed by atoms with van der Waals surface area (Å²) in [5.74, 6) is 2.08. The minimum Gasteiger partial charge on any atom is -0.495 e. The number of methoxy groups -OCH3 is 2. The highest BCUT2D eigenvalue weighted by Gasteiger charge is 2.23. The summed E-state index contributed by atoms with van der Waals surface area (Å²) in [5, 5.41) is 0.604. The van der Waals surface area contributed by atoms with E-state index in [9.17, 15) is 4.79 Å². The molecule has 7 heteroatoms. The highest BCUT2D eigenvalue weighted by Crippen LogP contribution is 2.40. The average molecular weight is 360 g/mol. The molecule has 0 saturated carbocycles. The molecule has 0 aliphatic heterocycles. The second kappa shape index (κ2) is 7.57. The second-order valence-corrected chi connectivity index (χ2v) is 6.43. The predicted molar refractivity (Wildman–Crippen MR) is 97.5 cm³/mol. The molecular formula is C18H20N2O4S. The summed E-state index contributed by atoms with van der Waals surface area (Å²) in [6, 6.07) is 7.31. The van der Waals surface area contributed by atoms with E-state index < -0.39 is 0 Å². The van der Waals surface area contributed by atoms with Gasteiger partial charge in [0, 0.05) is 6.42 Å². The Labute approximate surface area is 150 Å². The van der Waals surface area contributed by atoms with Gasteiger partial charge in [0.2, 0.25) is 5.91 Å². The zero-order valence-corrected chi connectivity index (χ0v) is 15.3. The zero-order valence-electron chi connectivity index (χ0n) is 14.4. The van der Waals surface area contributed by atoms with Crippen molar-refractivity contribution in [3.8, 4) is 11.5 Å². The number of ether oxygens (including phenoxy) is 2. The van der Waals surface area contributed by atoms with E-state index in [4.69, 9.17) is 13.9 Å². The Kier molecular flexibility index (Phi) is 5.23. The van der Waals surface area contributed by atoms with E-state index in [2.05, 4.69) is 4.98 Å². The van der Waals surface area contributed by atoms with Crippen LogP contribution in [0.25, 0.3) is 10.2 Å². The van der Waals surface area contributed by atoms with Crippen LogP contribution in [0.3, 0.4) is 0 Å². The first-order valence-electron chi connectivity index (χ1n) is 8.02. The van der Waals surface area contributed by atoms with Gasteiger partial charge in [-0.15, -0.1) is 0 Å². The van der Waals surface area contributed by atoms with Crippen LogP contribution < -0.4 is 14.4 Å². The van der Waals surface area contributed by atoms with E-state index >= 15 is 0 Å². The molecule has 1 amide bonds. The highest BCUT2D eigenvalue weighted by atomic mass is 32.1. The molecule has 0 N–H and O–H groups in total. The van der Waals surface area contributed by atoms with Crippen LogP contribution in [-0.2, 0) is 11.3 Å². The number of furan rings is 1. The Bertz CT molecular complexity index is 816. The molecule has 0 saturated heterocycles.